The maximum atomic E-state index is 13.9. The van der Waals surface area contributed by atoms with E-state index in [4.69, 9.17) is 0 Å². The molecule has 1 aromatic carbocycles. The van der Waals surface area contributed by atoms with Crippen molar-refractivity contribution in [3.63, 3.8) is 0 Å². The van der Waals surface area contributed by atoms with E-state index in [-0.39, 0.29) is 17.1 Å². The number of halogens is 1. The molecule has 7 heteroatoms. The fourth-order valence-corrected chi connectivity index (χ4v) is 3.40. The Labute approximate surface area is 149 Å². The topological polar surface area (TPSA) is 71.2 Å². The number of benzene rings is 1. The number of amides is 1. The van der Waals surface area contributed by atoms with Gasteiger partial charge in [-0.1, -0.05) is 18.2 Å². The van der Waals surface area contributed by atoms with Crippen molar-refractivity contribution in [2.45, 2.75) is 25.0 Å². The van der Waals surface area contributed by atoms with Crippen LogP contribution < -0.4 is 0 Å². The van der Waals surface area contributed by atoms with Gasteiger partial charge in [0.1, 0.15) is 17.0 Å². The van der Waals surface area contributed by atoms with Crippen LogP contribution in [0.3, 0.4) is 0 Å². The summed E-state index contributed by atoms with van der Waals surface area (Å²) in [7, 11) is 0. The summed E-state index contributed by atoms with van der Waals surface area (Å²) in [6.07, 6.45) is 6.09. The smallest absolute Gasteiger partial charge is 0.272 e. The molecular formula is C19H19FN4O2. The van der Waals surface area contributed by atoms with Gasteiger partial charge in [-0.3, -0.25) is 4.79 Å². The fourth-order valence-electron chi connectivity index (χ4n) is 3.40. The third-order valence-corrected chi connectivity index (χ3v) is 4.91. The lowest BCUT2D eigenvalue weighted by Crippen LogP contribution is -2.48. The molecule has 26 heavy (non-hydrogen) atoms. The van der Waals surface area contributed by atoms with Gasteiger partial charge in [0, 0.05) is 30.9 Å². The summed E-state index contributed by atoms with van der Waals surface area (Å²) in [5.41, 5.74) is -0.435. The summed E-state index contributed by atoms with van der Waals surface area (Å²) in [6, 6.07) is 8.04. The summed E-state index contributed by atoms with van der Waals surface area (Å²) in [5, 5.41) is 11.4. The molecule has 1 aliphatic heterocycles. The Balaban J connectivity index is 1.47. The Bertz CT molecular complexity index is 934. The molecule has 0 unspecified atom stereocenters. The molecular weight excluding hydrogens is 335 g/mol. The average molecular weight is 354 g/mol. The number of aliphatic hydroxyl groups is 1. The highest BCUT2D eigenvalue weighted by molar-refractivity contribution is 5.95. The molecule has 1 aliphatic rings. The molecule has 134 valence electrons. The molecule has 0 saturated carbocycles. The minimum atomic E-state index is -0.861. The van der Waals surface area contributed by atoms with E-state index >= 15 is 0 Å². The van der Waals surface area contributed by atoms with Crippen LogP contribution in [-0.2, 0) is 6.54 Å². The van der Waals surface area contributed by atoms with Gasteiger partial charge >= 0.3 is 0 Å². The number of pyridine rings is 1. The Morgan fingerprint density at radius 2 is 2.04 bits per heavy atom. The minimum absolute atomic E-state index is 0.201. The minimum Gasteiger partial charge on any atom is -0.388 e. The van der Waals surface area contributed by atoms with E-state index in [1.807, 2.05) is 10.8 Å². The lowest BCUT2D eigenvalue weighted by atomic mass is 9.91. The first kappa shape index (κ1) is 16.7. The summed E-state index contributed by atoms with van der Waals surface area (Å²) in [5.74, 6) is -0.676. The second kappa shape index (κ2) is 6.49. The highest BCUT2D eigenvalue weighted by atomic mass is 19.1. The number of likely N-dealkylation sites (tertiary alicyclic amines) is 1. The molecule has 0 atom stereocenters. The number of carbonyl (C=O) groups excluding carboxylic acids is 1. The number of para-hydroxylation sites is 1. The van der Waals surface area contributed by atoms with Gasteiger partial charge in [0.05, 0.1) is 18.5 Å². The highest BCUT2D eigenvalue weighted by Gasteiger charge is 2.34. The van der Waals surface area contributed by atoms with E-state index in [1.165, 1.54) is 6.07 Å². The first-order valence-electron chi connectivity index (χ1n) is 8.57. The van der Waals surface area contributed by atoms with Crippen LogP contribution in [0.5, 0.6) is 0 Å². The van der Waals surface area contributed by atoms with Crippen molar-refractivity contribution >= 4 is 16.8 Å². The van der Waals surface area contributed by atoms with Crippen molar-refractivity contribution in [1.29, 1.82) is 0 Å². The van der Waals surface area contributed by atoms with Crippen molar-refractivity contribution in [2.24, 2.45) is 0 Å². The van der Waals surface area contributed by atoms with Crippen molar-refractivity contribution < 1.29 is 14.3 Å². The summed E-state index contributed by atoms with van der Waals surface area (Å²) in [6.45, 7) is 1.32. The number of aromatic nitrogens is 3. The van der Waals surface area contributed by atoms with Crippen molar-refractivity contribution in [2.75, 3.05) is 13.1 Å². The van der Waals surface area contributed by atoms with Gasteiger partial charge < -0.3 is 14.6 Å². The predicted molar refractivity (Wildman–Crippen MR) is 94.0 cm³/mol. The summed E-state index contributed by atoms with van der Waals surface area (Å²) >= 11 is 0. The molecule has 3 heterocycles. The van der Waals surface area contributed by atoms with Gasteiger partial charge in [0.2, 0.25) is 0 Å². The molecule has 1 fully saturated rings. The molecule has 3 aromatic rings. The molecule has 0 bridgehead atoms. The van der Waals surface area contributed by atoms with Crippen LogP contribution in [0.15, 0.2) is 49.1 Å². The standard InChI is InChI=1S/C19H19FN4O2/c20-15-3-1-2-14-4-5-16(22-17(14)15)18(25)24-9-6-19(26,7-10-24)12-23-11-8-21-13-23/h1-5,8,11,13,26H,6-7,9-10,12H2. The van der Waals surface area contributed by atoms with Gasteiger partial charge in [-0.15, -0.1) is 0 Å². The molecule has 0 aliphatic carbocycles. The predicted octanol–water partition coefficient (Wildman–Crippen LogP) is 2.24. The highest BCUT2D eigenvalue weighted by Crippen LogP contribution is 2.25. The van der Waals surface area contributed by atoms with Gasteiger partial charge in [-0.2, -0.15) is 0 Å². The first-order chi connectivity index (χ1) is 12.5. The van der Waals surface area contributed by atoms with Crippen molar-refractivity contribution in [3.05, 3.63) is 60.6 Å². The zero-order valence-corrected chi connectivity index (χ0v) is 14.2. The van der Waals surface area contributed by atoms with E-state index in [0.717, 1.165) is 0 Å². The Kier molecular flexibility index (Phi) is 4.16. The van der Waals surface area contributed by atoms with Crippen LogP contribution in [0.25, 0.3) is 10.9 Å². The quantitative estimate of drug-likeness (QED) is 0.783. The van der Waals surface area contributed by atoms with Gasteiger partial charge in [0.25, 0.3) is 5.91 Å². The average Bonchev–Trinajstić information content (AvgIpc) is 3.14. The van der Waals surface area contributed by atoms with Crippen LogP contribution in [0.2, 0.25) is 0 Å². The lowest BCUT2D eigenvalue weighted by molar-refractivity contribution is -0.0293. The van der Waals surface area contributed by atoms with Crippen LogP contribution in [0.4, 0.5) is 4.39 Å². The lowest BCUT2D eigenvalue weighted by Gasteiger charge is -2.38. The second-order valence-electron chi connectivity index (χ2n) is 6.76. The first-order valence-corrected chi connectivity index (χ1v) is 8.57. The molecule has 1 amide bonds. The molecule has 0 spiro atoms. The van der Waals surface area contributed by atoms with Gasteiger partial charge in [-0.05, 0) is 25.0 Å². The molecule has 2 aromatic heterocycles. The number of carbonyl (C=O) groups is 1. The second-order valence-corrected chi connectivity index (χ2v) is 6.76. The largest absolute Gasteiger partial charge is 0.388 e. The molecule has 6 nitrogen and oxygen atoms in total. The zero-order valence-electron chi connectivity index (χ0n) is 14.2. The van der Waals surface area contributed by atoms with Crippen molar-refractivity contribution in [3.8, 4) is 0 Å². The number of rotatable bonds is 3. The maximum Gasteiger partial charge on any atom is 0.272 e. The van der Waals surface area contributed by atoms with E-state index in [0.29, 0.717) is 37.9 Å². The van der Waals surface area contributed by atoms with Crippen LogP contribution in [0, 0.1) is 5.82 Å². The molecule has 1 N–H and O–H groups in total. The number of imidazole rings is 1. The Hall–Kier alpha value is -2.80. The number of piperidine rings is 1. The third kappa shape index (κ3) is 3.17. The number of hydrogen-bond acceptors (Lipinski definition) is 4. The Morgan fingerprint density at radius 3 is 2.77 bits per heavy atom. The van der Waals surface area contributed by atoms with Crippen LogP contribution in [0.1, 0.15) is 23.3 Å². The van der Waals surface area contributed by atoms with E-state index < -0.39 is 11.4 Å². The SMILES string of the molecule is O=C(c1ccc2cccc(F)c2n1)N1CCC(O)(Cn2ccnc2)CC1. The normalized spacial score (nSPS) is 16.8. The van der Waals surface area contributed by atoms with E-state index in [2.05, 4.69) is 9.97 Å². The third-order valence-electron chi connectivity index (χ3n) is 4.91. The summed E-state index contributed by atoms with van der Waals surface area (Å²) in [4.78, 5) is 22.6. The Morgan fingerprint density at radius 1 is 1.23 bits per heavy atom. The van der Waals surface area contributed by atoms with Gasteiger partial charge in [-0.25, -0.2) is 14.4 Å². The zero-order chi connectivity index (χ0) is 18.1. The number of hydrogen-bond donors (Lipinski definition) is 1. The monoisotopic (exact) mass is 354 g/mol. The van der Waals surface area contributed by atoms with Gasteiger partial charge in [0.15, 0.2) is 0 Å². The number of nitrogens with zero attached hydrogens (tertiary/aromatic N) is 4. The maximum absolute atomic E-state index is 13.9. The van der Waals surface area contributed by atoms with E-state index in [1.54, 1.807) is 41.7 Å². The summed E-state index contributed by atoms with van der Waals surface area (Å²) < 4.78 is 15.8. The molecule has 4 rings (SSSR count). The van der Waals surface area contributed by atoms with Crippen molar-refractivity contribution in [1.82, 2.24) is 19.4 Å². The van der Waals surface area contributed by atoms with E-state index in [9.17, 15) is 14.3 Å². The fraction of sp³-hybridized carbons (Fsp3) is 0.316. The molecule has 0 radical (unpaired) electrons. The van der Waals surface area contributed by atoms with Crippen LogP contribution >= 0.6 is 0 Å². The molecule has 1 saturated heterocycles. The van der Waals surface area contributed by atoms with Crippen LogP contribution in [-0.4, -0.2) is 49.1 Å². The number of fused-ring (bicyclic) bond motifs is 1.